The highest BCUT2D eigenvalue weighted by molar-refractivity contribution is 9.09. The summed E-state index contributed by atoms with van der Waals surface area (Å²) in [6, 6.07) is 2.80. The van der Waals surface area contributed by atoms with Gasteiger partial charge in [-0.05, 0) is 25.0 Å². The molecule has 0 bridgehead atoms. The van der Waals surface area contributed by atoms with Crippen molar-refractivity contribution in [3.05, 3.63) is 0 Å². The summed E-state index contributed by atoms with van der Waals surface area (Å²) >= 11 is 5.96. The van der Waals surface area contributed by atoms with Crippen LogP contribution in [0.25, 0.3) is 0 Å². The second-order valence-corrected chi connectivity index (χ2v) is 7.53. The van der Waals surface area contributed by atoms with Gasteiger partial charge in [0.25, 0.3) is 0 Å². The van der Waals surface area contributed by atoms with Crippen molar-refractivity contribution in [3.63, 3.8) is 0 Å². The highest BCUT2D eigenvalue weighted by Gasteiger charge is 2.47. The lowest BCUT2D eigenvalue weighted by atomic mass is 9.86. The van der Waals surface area contributed by atoms with Gasteiger partial charge in [-0.25, -0.2) is 0 Å². The number of ether oxygens (including phenoxy) is 1. The van der Waals surface area contributed by atoms with Crippen molar-refractivity contribution < 1.29 is 4.74 Å². The minimum Gasteiger partial charge on any atom is -0.358 e. The number of hydrogen-bond donors (Lipinski definition) is 1. The van der Waals surface area contributed by atoms with Gasteiger partial charge >= 0.3 is 0 Å². The molecule has 1 N–H and O–H groups in total. The molecule has 94 valence electrons. The Morgan fingerprint density at radius 1 is 1.47 bits per heavy atom. The van der Waals surface area contributed by atoms with Gasteiger partial charge in [0.15, 0.2) is 0 Å². The third-order valence-electron chi connectivity index (χ3n) is 4.12. The lowest BCUT2D eigenvalue weighted by molar-refractivity contribution is 0.0445. The number of fused-ring (bicyclic) bond motifs is 1. The zero-order valence-corrected chi connectivity index (χ0v) is 12.0. The van der Waals surface area contributed by atoms with Crippen molar-refractivity contribution in [2.45, 2.75) is 47.6 Å². The average Bonchev–Trinajstić information content (AvgIpc) is 2.97. The van der Waals surface area contributed by atoms with E-state index in [1.54, 1.807) is 0 Å². The highest BCUT2D eigenvalue weighted by Crippen LogP contribution is 2.41. The number of halogens is 1. The molecular weight excluding hydrogens is 300 g/mol. The van der Waals surface area contributed by atoms with E-state index in [0.29, 0.717) is 16.8 Å². The van der Waals surface area contributed by atoms with E-state index in [-0.39, 0.29) is 12.2 Å². The molecule has 0 spiro atoms. The van der Waals surface area contributed by atoms with E-state index in [1.165, 1.54) is 18.6 Å². The van der Waals surface area contributed by atoms with Gasteiger partial charge in [0.1, 0.15) is 6.10 Å². The van der Waals surface area contributed by atoms with Crippen LogP contribution in [0.3, 0.4) is 0 Å². The molecule has 6 unspecified atom stereocenters. The van der Waals surface area contributed by atoms with Gasteiger partial charge in [-0.3, -0.25) is 0 Å². The van der Waals surface area contributed by atoms with Crippen molar-refractivity contribution >= 4 is 27.7 Å². The summed E-state index contributed by atoms with van der Waals surface area (Å²) in [6.07, 6.45) is 3.60. The highest BCUT2D eigenvalue weighted by atomic mass is 79.9. The lowest BCUT2D eigenvalue weighted by Gasteiger charge is -2.39. The van der Waals surface area contributed by atoms with Crippen LogP contribution in [0.2, 0.25) is 0 Å². The van der Waals surface area contributed by atoms with E-state index >= 15 is 0 Å². The Labute approximate surface area is 115 Å². The van der Waals surface area contributed by atoms with Crippen molar-refractivity contribution in [1.29, 1.82) is 5.26 Å². The normalized spacial score (nSPS) is 49.9. The average molecular weight is 317 g/mol. The molecule has 5 heteroatoms. The minimum absolute atomic E-state index is 0.193. The van der Waals surface area contributed by atoms with Crippen LogP contribution < -0.4 is 5.32 Å². The van der Waals surface area contributed by atoms with Crippen LogP contribution in [0.5, 0.6) is 0 Å². The zero-order valence-electron chi connectivity index (χ0n) is 9.64. The van der Waals surface area contributed by atoms with Gasteiger partial charge in [-0.15, -0.1) is 0 Å². The first-order valence-electron chi connectivity index (χ1n) is 6.33. The fourth-order valence-corrected chi connectivity index (χ4v) is 5.99. The van der Waals surface area contributed by atoms with Crippen molar-refractivity contribution in [1.82, 2.24) is 5.32 Å². The van der Waals surface area contributed by atoms with Gasteiger partial charge in [-0.2, -0.15) is 17.0 Å². The van der Waals surface area contributed by atoms with Crippen LogP contribution in [0, 0.1) is 17.2 Å². The second-order valence-electron chi connectivity index (χ2n) is 5.12. The Bertz CT molecular complexity index is 329. The summed E-state index contributed by atoms with van der Waals surface area (Å²) in [5.74, 6) is 1.81. The quantitative estimate of drug-likeness (QED) is 0.751. The molecule has 6 atom stereocenters. The largest absolute Gasteiger partial charge is 0.358 e. The third kappa shape index (κ3) is 2.25. The number of rotatable bonds is 1. The van der Waals surface area contributed by atoms with Gasteiger partial charge in [0.2, 0.25) is 0 Å². The van der Waals surface area contributed by atoms with E-state index in [4.69, 9.17) is 10.00 Å². The Balaban J connectivity index is 1.69. The molecule has 0 amide bonds. The van der Waals surface area contributed by atoms with Crippen LogP contribution in [-0.2, 0) is 4.74 Å². The molecule has 17 heavy (non-hydrogen) atoms. The smallest absolute Gasteiger partial charge is 0.144 e. The van der Waals surface area contributed by atoms with Crippen LogP contribution in [-0.4, -0.2) is 40.6 Å². The summed E-state index contributed by atoms with van der Waals surface area (Å²) in [7, 11) is 0. The van der Waals surface area contributed by atoms with Crippen LogP contribution in [0.4, 0.5) is 0 Å². The van der Waals surface area contributed by atoms with E-state index in [1.807, 2.05) is 0 Å². The molecule has 3 aliphatic rings. The fraction of sp³-hybridized carbons (Fsp3) is 0.917. The lowest BCUT2D eigenvalue weighted by Crippen LogP contribution is -2.56. The topological polar surface area (TPSA) is 45.0 Å². The molecule has 3 saturated heterocycles. The van der Waals surface area contributed by atoms with Gasteiger partial charge in [0, 0.05) is 28.6 Å². The van der Waals surface area contributed by atoms with Crippen LogP contribution >= 0.6 is 27.7 Å². The van der Waals surface area contributed by atoms with Crippen molar-refractivity contribution in [2.24, 2.45) is 5.92 Å². The second kappa shape index (κ2) is 5.08. The SMILES string of the molecule is N#CC1CC2C(CNC(C3CCCS3)C2Br)O1. The molecule has 0 radical (unpaired) electrons. The molecule has 3 heterocycles. The standard InChI is InChI=1S/C12H17BrN2OS/c13-11-8-4-7(5-14)16-9(8)6-15-12(11)10-2-1-3-17-10/h7-12,15H,1-4,6H2. The molecule has 0 aliphatic carbocycles. The molecule has 0 aromatic heterocycles. The maximum Gasteiger partial charge on any atom is 0.144 e. The Morgan fingerprint density at radius 3 is 3.06 bits per heavy atom. The number of nitrogens with zero attached hydrogens (tertiary/aromatic N) is 1. The number of thioether (sulfide) groups is 1. The monoisotopic (exact) mass is 316 g/mol. The maximum atomic E-state index is 8.96. The molecular formula is C12H17BrN2OS. The van der Waals surface area contributed by atoms with E-state index in [2.05, 4.69) is 39.1 Å². The van der Waals surface area contributed by atoms with Crippen molar-refractivity contribution in [3.8, 4) is 6.07 Å². The first-order chi connectivity index (χ1) is 8.29. The molecule has 0 saturated carbocycles. The number of nitrogens with one attached hydrogen (secondary N) is 1. The number of alkyl halides is 1. The molecule has 0 aromatic rings. The van der Waals surface area contributed by atoms with Gasteiger partial charge < -0.3 is 10.1 Å². The van der Waals surface area contributed by atoms with Crippen LogP contribution in [0.15, 0.2) is 0 Å². The van der Waals surface area contributed by atoms with Crippen LogP contribution in [0.1, 0.15) is 19.3 Å². The van der Waals surface area contributed by atoms with Gasteiger partial charge in [-0.1, -0.05) is 15.9 Å². The van der Waals surface area contributed by atoms with E-state index in [0.717, 1.165) is 18.2 Å². The first kappa shape index (κ1) is 12.3. The number of piperidine rings is 1. The summed E-state index contributed by atoms with van der Waals surface area (Å²) in [4.78, 5) is 0.454. The summed E-state index contributed by atoms with van der Waals surface area (Å²) in [5.41, 5.74) is 0. The van der Waals surface area contributed by atoms with Crippen molar-refractivity contribution in [2.75, 3.05) is 12.3 Å². The Kier molecular flexibility index (Phi) is 3.67. The fourth-order valence-electron chi connectivity index (χ4n) is 3.24. The maximum absolute atomic E-state index is 8.96. The molecule has 3 fully saturated rings. The Morgan fingerprint density at radius 2 is 2.35 bits per heavy atom. The predicted molar refractivity (Wildman–Crippen MR) is 72.4 cm³/mol. The van der Waals surface area contributed by atoms with E-state index in [9.17, 15) is 0 Å². The summed E-state index contributed by atoms with van der Waals surface area (Å²) in [6.45, 7) is 0.909. The molecule has 3 nitrogen and oxygen atoms in total. The molecule has 3 rings (SSSR count). The molecule has 0 aromatic carbocycles. The van der Waals surface area contributed by atoms with Gasteiger partial charge in [0.05, 0.1) is 12.2 Å². The summed E-state index contributed by atoms with van der Waals surface area (Å²) < 4.78 is 5.74. The Hall–Kier alpha value is 0.240. The minimum atomic E-state index is -0.193. The first-order valence-corrected chi connectivity index (χ1v) is 8.30. The zero-order chi connectivity index (χ0) is 11.8. The third-order valence-corrected chi connectivity index (χ3v) is 6.85. The number of nitriles is 1. The van der Waals surface area contributed by atoms with E-state index < -0.39 is 0 Å². The predicted octanol–water partition coefficient (Wildman–Crippen LogP) is 1.91. The number of hydrogen-bond acceptors (Lipinski definition) is 4. The molecule has 3 aliphatic heterocycles. The summed E-state index contributed by atoms with van der Waals surface area (Å²) in [5, 5.41) is 13.3.